The molecule has 0 atom stereocenters. The van der Waals surface area contributed by atoms with E-state index >= 15 is 0 Å². The number of halogens is 1. The largest absolute Gasteiger partial charge is 0.349 e. The topological polar surface area (TPSA) is 29.1 Å². The lowest BCUT2D eigenvalue weighted by atomic mass is 9.87. The summed E-state index contributed by atoms with van der Waals surface area (Å²) in [7, 11) is 0. The molecule has 2 nitrogen and oxygen atoms in total. The highest BCUT2D eigenvalue weighted by Gasteiger charge is 2.20. The van der Waals surface area contributed by atoms with Crippen molar-refractivity contribution in [2.75, 3.05) is 0 Å². The zero-order valence-electron chi connectivity index (χ0n) is 11.0. The van der Waals surface area contributed by atoms with Crippen LogP contribution in [0, 0.1) is 18.7 Å². The third kappa shape index (κ3) is 3.09. The Bertz CT molecular complexity index is 436. The first-order valence-electron chi connectivity index (χ1n) is 6.63. The van der Waals surface area contributed by atoms with Crippen molar-refractivity contribution in [1.29, 1.82) is 0 Å². The molecule has 1 N–H and O–H groups in total. The van der Waals surface area contributed by atoms with Crippen molar-refractivity contribution in [3.8, 4) is 0 Å². The minimum absolute atomic E-state index is 0.159. The zero-order chi connectivity index (χ0) is 13.1. The van der Waals surface area contributed by atoms with Crippen molar-refractivity contribution in [3.63, 3.8) is 0 Å². The molecule has 1 amide bonds. The summed E-state index contributed by atoms with van der Waals surface area (Å²) in [4.78, 5) is 12.0. The fourth-order valence-electron chi connectivity index (χ4n) is 2.41. The molecule has 1 fully saturated rings. The number of carbonyl (C=O) groups is 1. The highest BCUT2D eigenvalue weighted by Crippen LogP contribution is 2.23. The number of hydrogen-bond acceptors (Lipinski definition) is 1. The summed E-state index contributed by atoms with van der Waals surface area (Å²) in [5, 5.41) is 3.00. The molecule has 3 heteroatoms. The number of hydrogen-bond donors (Lipinski definition) is 1. The highest BCUT2D eigenvalue weighted by molar-refractivity contribution is 5.94. The monoisotopic (exact) mass is 249 g/mol. The molecule has 1 aliphatic rings. The molecule has 0 spiro atoms. The summed E-state index contributed by atoms with van der Waals surface area (Å²) >= 11 is 0. The Morgan fingerprint density at radius 1 is 1.28 bits per heavy atom. The van der Waals surface area contributed by atoms with Gasteiger partial charge in [-0.15, -0.1) is 0 Å². The van der Waals surface area contributed by atoms with E-state index in [4.69, 9.17) is 0 Å². The van der Waals surface area contributed by atoms with E-state index in [1.54, 1.807) is 19.1 Å². The second-order valence-corrected chi connectivity index (χ2v) is 5.39. The maximum absolute atomic E-state index is 13.4. The van der Waals surface area contributed by atoms with Crippen molar-refractivity contribution >= 4 is 5.91 Å². The Hall–Kier alpha value is -1.38. The molecule has 0 unspecified atom stereocenters. The third-order valence-electron chi connectivity index (χ3n) is 3.79. The Morgan fingerprint density at radius 2 is 1.94 bits per heavy atom. The van der Waals surface area contributed by atoms with Gasteiger partial charge in [-0.25, -0.2) is 4.39 Å². The van der Waals surface area contributed by atoms with E-state index in [9.17, 15) is 9.18 Å². The van der Waals surface area contributed by atoms with Gasteiger partial charge in [0.2, 0.25) is 0 Å². The van der Waals surface area contributed by atoms with Crippen molar-refractivity contribution in [3.05, 3.63) is 35.1 Å². The number of carbonyl (C=O) groups excluding carboxylic acids is 1. The van der Waals surface area contributed by atoms with Gasteiger partial charge >= 0.3 is 0 Å². The maximum Gasteiger partial charge on any atom is 0.251 e. The van der Waals surface area contributed by atoms with Gasteiger partial charge in [-0.2, -0.15) is 0 Å². The molecule has 2 rings (SSSR count). The van der Waals surface area contributed by atoms with Crippen molar-refractivity contribution in [1.82, 2.24) is 5.32 Å². The van der Waals surface area contributed by atoms with E-state index < -0.39 is 0 Å². The number of benzene rings is 1. The summed E-state index contributed by atoms with van der Waals surface area (Å²) in [6.45, 7) is 3.94. The van der Waals surface area contributed by atoms with Crippen LogP contribution in [0.15, 0.2) is 18.2 Å². The molecule has 98 valence electrons. The molecular formula is C15H20FNO. The second-order valence-electron chi connectivity index (χ2n) is 5.39. The summed E-state index contributed by atoms with van der Waals surface area (Å²) in [6, 6.07) is 4.89. The lowest BCUT2D eigenvalue weighted by Crippen LogP contribution is -2.37. The molecule has 1 aromatic rings. The molecule has 0 aromatic heterocycles. The van der Waals surface area contributed by atoms with Gasteiger partial charge in [0.05, 0.1) is 0 Å². The molecular weight excluding hydrogens is 229 g/mol. The molecule has 18 heavy (non-hydrogen) atoms. The first-order chi connectivity index (χ1) is 8.56. The van der Waals surface area contributed by atoms with Gasteiger partial charge < -0.3 is 5.32 Å². The average molecular weight is 249 g/mol. The molecule has 1 aliphatic carbocycles. The van der Waals surface area contributed by atoms with Crippen LogP contribution in [0.25, 0.3) is 0 Å². The Labute approximate surface area is 108 Å². The fourth-order valence-corrected chi connectivity index (χ4v) is 2.41. The van der Waals surface area contributed by atoms with E-state index in [-0.39, 0.29) is 17.8 Å². The van der Waals surface area contributed by atoms with Crippen LogP contribution in [-0.2, 0) is 0 Å². The number of amides is 1. The van der Waals surface area contributed by atoms with Gasteiger partial charge in [-0.1, -0.05) is 13.0 Å². The van der Waals surface area contributed by atoms with Crippen LogP contribution in [0.1, 0.15) is 48.5 Å². The molecule has 0 saturated heterocycles. The summed E-state index contributed by atoms with van der Waals surface area (Å²) in [6.07, 6.45) is 4.38. The summed E-state index contributed by atoms with van der Waals surface area (Å²) in [5.41, 5.74) is 0.981. The smallest absolute Gasteiger partial charge is 0.251 e. The zero-order valence-corrected chi connectivity index (χ0v) is 11.0. The number of nitrogens with one attached hydrogen (secondary N) is 1. The van der Waals surface area contributed by atoms with Crippen LogP contribution < -0.4 is 5.32 Å². The Kier molecular flexibility index (Phi) is 4.00. The lowest BCUT2D eigenvalue weighted by molar-refractivity contribution is 0.0922. The minimum atomic E-state index is -0.320. The van der Waals surface area contributed by atoms with Crippen LogP contribution >= 0.6 is 0 Å². The maximum atomic E-state index is 13.4. The van der Waals surface area contributed by atoms with Crippen LogP contribution in [0.4, 0.5) is 4.39 Å². The predicted molar refractivity (Wildman–Crippen MR) is 70.0 cm³/mol. The average Bonchev–Trinajstić information content (AvgIpc) is 2.35. The van der Waals surface area contributed by atoms with E-state index in [0.29, 0.717) is 11.1 Å². The van der Waals surface area contributed by atoms with Crippen molar-refractivity contribution in [2.45, 2.75) is 45.6 Å². The van der Waals surface area contributed by atoms with E-state index in [1.165, 1.54) is 6.07 Å². The summed E-state index contributed by atoms with van der Waals surface area (Å²) in [5.74, 6) is 0.281. The van der Waals surface area contributed by atoms with Crippen molar-refractivity contribution < 1.29 is 9.18 Å². The Morgan fingerprint density at radius 3 is 2.56 bits per heavy atom. The van der Waals surface area contributed by atoms with Crippen LogP contribution in [0.3, 0.4) is 0 Å². The van der Waals surface area contributed by atoms with Crippen LogP contribution in [0.2, 0.25) is 0 Å². The van der Waals surface area contributed by atoms with Gasteiger partial charge in [-0.05, 0) is 56.2 Å². The standard InChI is InChI=1S/C15H20FNO/c1-10-3-7-13(8-4-10)17-15(18)12-6-5-11(2)14(16)9-12/h5-6,9-10,13H,3-4,7-8H2,1-2H3,(H,17,18). The van der Waals surface area contributed by atoms with Gasteiger partial charge in [0.1, 0.15) is 5.82 Å². The fraction of sp³-hybridized carbons (Fsp3) is 0.533. The van der Waals surface area contributed by atoms with Gasteiger partial charge in [0.15, 0.2) is 0 Å². The normalized spacial score (nSPS) is 23.7. The SMILES string of the molecule is Cc1ccc(C(=O)NC2CCC(C)CC2)cc1F. The second kappa shape index (κ2) is 5.51. The first-order valence-corrected chi connectivity index (χ1v) is 6.63. The van der Waals surface area contributed by atoms with E-state index in [2.05, 4.69) is 12.2 Å². The highest BCUT2D eigenvalue weighted by atomic mass is 19.1. The van der Waals surface area contributed by atoms with E-state index in [1.807, 2.05) is 0 Å². The number of rotatable bonds is 2. The molecule has 1 saturated carbocycles. The molecule has 0 aliphatic heterocycles. The van der Waals surface area contributed by atoms with Crippen molar-refractivity contribution in [2.24, 2.45) is 5.92 Å². The predicted octanol–water partition coefficient (Wildman–Crippen LogP) is 3.44. The number of aryl methyl sites for hydroxylation is 1. The first kappa shape index (κ1) is 13.1. The molecule has 1 aromatic carbocycles. The van der Waals surface area contributed by atoms with E-state index in [0.717, 1.165) is 31.6 Å². The minimum Gasteiger partial charge on any atom is -0.349 e. The Balaban J connectivity index is 1.97. The van der Waals surface area contributed by atoms with Gasteiger partial charge in [-0.3, -0.25) is 4.79 Å². The lowest BCUT2D eigenvalue weighted by Gasteiger charge is -2.26. The van der Waals surface area contributed by atoms with Crippen LogP contribution in [0.5, 0.6) is 0 Å². The van der Waals surface area contributed by atoms with Gasteiger partial charge in [0.25, 0.3) is 5.91 Å². The third-order valence-corrected chi connectivity index (χ3v) is 3.79. The quantitative estimate of drug-likeness (QED) is 0.854. The van der Waals surface area contributed by atoms with Gasteiger partial charge in [0, 0.05) is 11.6 Å². The molecule has 0 bridgehead atoms. The molecule has 0 heterocycles. The summed E-state index contributed by atoms with van der Waals surface area (Å²) < 4.78 is 13.4. The molecule has 0 radical (unpaired) electrons. The van der Waals surface area contributed by atoms with Crippen LogP contribution in [-0.4, -0.2) is 11.9 Å².